The largest absolute Gasteiger partial charge is 0.377 e. The SMILES string of the molecule is CCNCc1ccc(N2CCCOC(C)C2)cc1Br. The highest BCUT2D eigenvalue weighted by atomic mass is 79.9. The number of rotatable bonds is 4. The number of halogens is 1. The van der Waals surface area contributed by atoms with Crippen molar-refractivity contribution in [3.63, 3.8) is 0 Å². The van der Waals surface area contributed by atoms with E-state index in [-0.39, 0.29) is 0 Å². The Balaban J connectivity index is 2.09. The van der Waals surface area contributed by atoms with E-state index in [0.717, 1.165) is 39.2 Å². The lowest BCUT2D eigenvalue weighted by atomic mass is 10.2. The number of nitrogens with zero attached hydrogens (tertiary/aromatic N) is 1. The van der Waals surface area contributed by atoms with Crippen molar-refractivity contribution in [2.45, 2.75) is 32.9 Å². The van der Waals surface area contributed by atoms with Crippen LogP contribution in [0.3, 0.4) is 0 Å². The monoisotopic (exact) mass is 326 g/mol. The maximum absolute atomic E-state index is 5.70. The first kappa shape index (κ1) is 14.8. The number of hydrogen-bond acceptors (Lipinski definition) is 3. The minimum absolute atomic E-state index is 0.308. The Bertz CT molecular complexity index is 411. The van der Waals surface area contributed by atoms with Gasteiger partial charge >= 0.3 is 0 Å². The third-order valence-corrected chi connectivity index (χ3v) is 4.16. The molecule has 106 valence electrons. The molecule has 1 unspecified atom stereocenters. The first-order valence-corrected chi connectivity index (χ1v) is 7.85. The Hall–Kier alpha value is -0.580. The average molecular weight is 327 g/mol. The van der Waals surface area contributed by atoms with E-state index in [4.69, 9.17) is 4.74 Å². The molecule has 0 bridgehead atoms. The smallest absolute Gasteiger partial charge is 0.0721 e. The molecular weight excluding hydrogens is 304 g/mol. The van der Waals surface area contributed by atoms with E-state index >= 15 is 0 Å². The van der Waals surface area contributed by atoms with Crippen LogP contribution in [0.2, 0.25) is 0 Å². The first-order chi connectivity index (χ1) is 9.20. The average Bonchev–Trinajstić information content (AvgIpc) is 2.62. The van der Waals surface area contributed by atoms with Gasteiger partial charge in [0.05, 0.1) is 6.10 Å². The molecule has 1 aliphatic heterocycles. The van der Waals surface area contributed by atoms with Gasteiger partial charge in [0.15, 0.2) is 0 Å². The maximum Gasteiger partial charge on any atom is 0.0721 e. The number of nitrogens with one attached hydrogen (secondary N) is 1. The molecule has 1 aliphatic rings. The van der Waals surface area contributed by atoms with Crippen LogP contribution in [0.1, 0.15) is 25.8 Å². The third kappa shape index (κ3) is 4.20. The Morgan fingerprint density at radius 2 is 2.32 bits per heavy atom. The van der Waals surface area contributed by atoms with Crippen molar-refractivity contribution < 1.29 is 4.74 Å². The number of benzene rings is 1. The molecule has 1 aromatic carbocycles. The first-order valence-electron chi connectivity index (χ1n) is 7.06. The number of ether oxygens (including phenoxy) is 1. The van der Waals surface area contributed by atoms with Crippen LogP contribution in [0, 0.1) is 0 Å². The van der Waals surface area contributed by atoms with Crippen LogP contribution in [-0.2, 0) is 11.3 Å². The molecule has 0 spiro atoms. The van der Waals surface area contributed by atoms with Gasteiger partial charge < -0.3 is 15.0 Å². The minimum Gasteiger partial charge on any atom is -0.377 e. The van der Waals surface area contributed by atoms with Crippen LogP contribution in [-0.4, -0.2) is 32.3 Å². The van der Waals surface area contributed by atoms with Gasteiger partial charge in [-0.3, -0.25) is 0 Å². The van der Waals surface area contributed by atoms with E-state index in [9.17, 15) is 0 Å². The standard InChI is InChI=1S/C15H23BrN2O/c1-3-17-10-13-5-6-14(9-15(13)16)18-7-4-8-19-12(2)11-18/h5-6,9,12,17H,3-4,7-8,10-11H2,1-2H3. The second kappa shape index (κ2) is 7.27. The fraction of sp³-hybridized carbons (Fsp3) is 0.600. The van der Waals surface area contributed by atoms with E-state index < -0.39 is 0 Å². The zero-order valence-corrected chi connectivity index (χ0v) is 13.4. The van der Waals surface area contributed by atoms with Crippen LogP contribution in [0.4, 0.5) is 5.69 Å². The van der Waals surface area contributed by atoms with Crippen molar-refractivity contribution in [1.82, 2.24) is 5.32 Å². The quantitative estimate of drug-likeness (QED) is 0.919. The molecule has 2 rings (SSSR count). The molecule has 0 aliphatic carbocycles. The second-order valence-corrected chi connectivity index (χ2v) is 5.89. The van der Waals surface area contributed by atoms with Crippen molar-refractivity contribution >= 4 is 21.6 Å². The summed E-state index contributed by atoms with van der Waals surface area (Å²) in [5, 5.41) is 3.36. The summed E-state index contributed by atoms with van der Waals surface area (Å²) in [5.41, 5.74) is 2.59. The van der Waals surface area contributed by atoms with Crippen LogP contribution in [0.5, 0.6) is 0 Å². The maximum atomic E-state index is 5.70. The zero-order valence-electron chi connectivity index (χ0n) is 11.8. The topological polar surface area (TPSA) is 24.5 Å². The summed E-state index contributed by atoms with van der Waals surface area (Å²) in [6, 6.07) is 6.65. The van der Waals surface area contributed by atoms with Gasteiger partial charge in [-0.15, -0.1) is 0 Å². The molecule has 1 saturated heterocycles. The summed E-state index contributed by atoms with van der Waals surface area (Å²) in [7, 11) is 0. The number of hydrogen-bond donors (Lipinski definition) is 1. The molecule has 0 radical (unpaired) electrons. The van der Waals surface area contributed by atoms with Crippen LogP contribution in [0.25, 0.3) is 0 Å². The van der Waals surface area contributed by atoms with Gasteiger partial charge in [0.1, 0.15) is 0 Å². The Morgan fingerprint density at radius 3 is 3.05 bits per heavy atom. The Labute approximate surface area is 124 Å². The summed E-state index contributed by atoms with van der Waals surface area (Å²) in [6.07, 6.45) is 1.41. The van der Waals surface area contributed by atoms with E-state index in [1.165, 1.54) is 15.7 Å². The number of anilines is 1. The van der Waals surface area contributed by atoms with Gasteiger partial charge in [-0.2, -0.15) is 0 Å². The molecule has 0 aromatic heterocycles. The van der Waals surface area contributed by atoms with Gasteiger partial charge in [0.25, 0.3) is 0 Å². The van der Waals surface area contributed by atoms with Gasteiger partial charge in [-0.25, -0.2) is 0 Å². The van der Waals surface area contributed by atoms with Crippen molar-refractivity contribution in [2.75, 3.05) is 31.1 Å². The molecular formula is C15H23BrN2O. The highest BCUT2D eigenvalue weighted by molar-refractivity contribution is 9.10. The Morgan fingerprint density at radius 1 is 1.47 bits per heavy atom. The highest BCUT2D eigenvalue weighted by Gasteiger charge is 2.16. The van der Waals surface area contributed by atoms with E-state index in [0.29, 0.717) is 6.10 Å². The van der Waals surface area contributed by atoms with Crippen molar-refractivity contribution in [3.8, 4) is 0 Å². The normalized spacial score (nSPS) is 20.4. The predicted octanol–water partition coefficient (Wildman–Crippen LogP) is 3.17. The lowest BCUT2D eigenvalue weighted by molar-refractivity contribution is 0.0821. The van der Waals surface area contributed by atoms with Crippen molar-refractivity contribution in [2.24, 2.45) is 0 Å². The molecule has 1 heterocycles. The molecule has 0 saturated carbocycles. The fourth-order valence-corrected chi connectivity index (χ4v) is 2.87. The van der Waals surface area contributed by atoms with Gasteiger partial charge in [-0.1, -0.05) is 28.9 Å². The zero-order chi connectivity index (χ0) is 13.7. The molecule has 1 atom stereocenters. The summed E-state index contributed by atoms with van der Waals surface area (Å²) >= 11 is 3.68. The van der Waals surface area contributed by atoms with Gasteiger partial charge in [0, 0.05) is 36.4 Å². The lowest BCUT2D eigenvalue weighted by Gasteiger charge is -2.25. The van der Waals surface area contributed by atoms with E-state index in [2.05, 4.69) is 58.2 Å². The van der Waals surface area contributed by atoms with Crippen molar-refractivity contribution in [1.29, 1.82) is 0 Å². The lowest BCUT2D eigenvalue weighted by Crippen LogP contribution is -2.30. The van der Waals surface area contributed by atoms with Gasteiger partial charge in [0.2, 0.25) is 0 Å². The summed E-state index contributed by atoms with van der Waals surface area (Å²) in [5.74, 6) is 0. The molecule has 0 amide bonds. The molecule has 19 heavy (non-hydrogen) atoms. The third-order valence-electron chi connectivity index (χ3n) is 3.42. The van der Waals surface area contributed by atoms with E-state index in [1.54, 1.807) is 0 Å². The van der Waals surface area contributed by atoms with E-state index in [1.807, 2.05) is 0 Å². The predicted molar refractivity (Wildman–Crippen MR) is 83.8 cm³/mol. The summed E-state index contributed by atoms with van der Waals surface area (Å²) in [6.45, 7) is 9.10. The molecule has 1 aromatic rings. The fourth-order valence-electron chi connectivity index (χ4n) is 2.36. The van der Waals surface area contributed by atoms with Crippen LogP contribution < -0.4 is 10.2 Å². The van der Waals surface area contributed by atoms with Crippen LogP contribution >= 0.6 is 15.9 Å². The molecule has 3 nitrogen and oxygen atoms in total. The van der Waals surface area contributed by atoms with Crippen molar-refractivity contribution in [3.05, 3.63) is 28.2 Å². The summed E-state index contributed by atoms with van der Waals surface area (Å²) in [4.78, 5) is 2.42. The second-order valence-electron chi connectivity index (χ2n) is 5.04. The minimum atomic E-state index is 0.308. The summed E-state index contributed by atoms with van der Waals surface area (Å²) < 4.78 is 6.88. The highest BCUT2D eigenvalue weighted by Crippen LogP contribution is 2.25. The Kier molecular flexibility index (Phi) is 5.67. The van der Waals surface area contributed by atoms with Gasteiger partial charge in [-0.05, 0) is 37.6 Å². The molecule has 1 fully saturated rings. The molecule has 4 heteroatoms. The molecule has 1 N–H and O–H groups in total. The van der Waals surface area contributed by atoms with Crippen LogP contribution in [0.15, 0.2) is 22.7 Å².